The summed E-state index contributed by atoms with van der Waals surface area (Å²) in [5.74, 6) is -0.680. The van der Waals surface area contributed by atoms with Gasteiger partial charge in [-0.2, -0.15) is 4.68 Å². The minimum atomic E-state index is -0.635. The average Bonchev–Trinajstić information content (AvgIpc) is 3.20. The first-order valence-electron chi connectivity index (χ1n) is 7.86. The fourth-order valence-electron chi connectivity index (χ4n) is 2.75. The zero-order valence-corrected chi connectivity index (χ0v) is 15.9. The van der Waals surface area contributed by atoms with Gasteiger partial charge in [0.05, 0.1) is 11.4 Å². The van der Waals surface area contributed by atoms with Gasteiger partial charge in [0.2, 0.25) is 17.0 Å². The second kappa shape index (κ2) is 7.30. The number of rotatable bonds is 4. The monoisotopic (exact) mass is 419 g/mol. The number of tetrazole rings is 1. The Morgan fingerprint density at radius 1 is 1.00 bits per heavy atom. The number of hydrogen-bond donors (Lipinski definition) is 0. The lowest BCUT2D eigenvalue weighted by Crippen LogP contribution is -2.31. The number of anilines is 1. The third kappa shape index (κ3) is 3.55. The second-order valence-corrected chi connectivity index (χ2v) is 7.76. The molecular formula is C17H11Cl2N5O2S. The molecule has 136 valence electrons. The van der Waals surface area contributed by atoms with Crippen molar-refractivity contribution in [1.82, 2.24) is 20.2 Å². The highest BCUT2D eigenvalue weighted by Crippen LogP contribution is 2.35. The number of thioether (sulfide) groups is 1. The van der Waals surface area contributed by atoms with Gasteiger partial charge >= 0.3 is 0 Å². The summed E-state index contributed by atoms with van der Waals surface area (Å²) in [5, 5.41) is 12.1. The number of carbonyl (C=O) groups excluding carboxylic acids is 2. The summed E-state index contributed by atoms with van der Waals surface area (Å²) >= 11 is 13.1. The minimum absolute atomic E-state index is 0.0370. The van der Waals surface area contributed by atoms with Gasteiger partial charge in [-0.1, -0.05) is 53.2 Å². The molecule has 1 saturated heterocycles. The third-order valence-electron chi connectivity index (χ3n) is 3.90. The maximum atomic E-state index is 12.8. The van der Waals surface area contributed by atoms with E-state index in [0.29, 0.717) is 20.9 Å². The molecule has 27 heavy (non-hydrogen) atoms. The first kappa shape index (κ1) is 18.0. The van der Waals surface area contributed by atoms with E-state index in [1.807, 2.05) is 30.3 Å². The van der Waals surface area contributed by atoms with Crippen LogP contribution in [0.5, 0.6) is 0 Å². The van der Waals surface area contributed by atoms with Crippen molar-refractivity contribution in [2.75, 3.05) is 4.90 Å². The molecular weight excluding hydrogens is 409 g/mol. The number of hydrogen-bond acceptors (Lipinski definition) is 6. The van der Waals surface area contributed by atoms with E-state index in [1.54, 1.807) is 0 Å². The number of benzene rings is 2. The van der Waals surface area contributed by atoms with Crippen LogP contribution in [0.2, 0.25) is 10.0 Å². The quantitative estimate of drug-likeness (QED) is 0.602. The number of para-hydroxylation sites is 1. The first-order valence-corrected chi connectivity index (χ1v) is 9.50. The molecule has 0 spiro atoms. The van der Waals surface area contributed by atoms with Crippen molar-refractivity contribution >= 4 is 52.5 Å². The summed E-state index contributed by atoms with van der Waals surface area (Å²) in [6, 6.07) is 13.9. The lowest BCUT2D eigenvalue weighted by Gasteiger charge is -2.15. The Hall–Kier alpha value is -2.42. The van der Waals surface area contributed by atoms with Crippen LogP contribution in [-0.2, 0) is 9.59 Å². The maximum absolute atomic E-state index is 12.8. The van der Waals surface area contributed by atoms with E-state index in [4.69, 9.17) is 23.2 Å². The Bertz CT molecular complexity index is 1010. The Kier molecular flexibility index (Phi) is 4.86. The lowest BCUT2D eigenvalue weighted by atomic mass is 10.3. The second-order valence-electron chi connectivity index (χ2n) is 5.71. The molecule has 0 aliphatic carbocycles. The van der Waals surface area contributed by atoms with Crippen molar-refractivity contribution < 1.29 is 9.59 Å². The topological polar surface area (TPSA) is 81.0 Å². The highest BCUT2D eigenvalue weighted by Gasteiger charge is 2.41. The van der Waals surface area contributed by atoms with E-state index < -0.39 is 5.25 Å². The fraction of sp³-hybridized carbons (Fsp3) is 0.118. The third-order valence-corrected chi connectivity index (χ3v) is 5.45. The van der Waals surface area contributed by atoms with Gasteiger partial charge in [0.1, 0.15) is 5.25 Å². The zero-order valence-electron chi connectivity index (χ0n) is 13.6. The van der Waals surface area contributed by atoms with E-state index in [1.165, 1.54) is 22.9 Å². The summed E-state index contributed by atoms with van der Waals surface area (Å²) in [4.78, 5) is 26.4. The molecule has 0 radical (unpaired) electrons. The van der Waals surface area contributed by atoms with Crippen molar-refractivity contribution in [1.29, 1.82) is 0 Å². The summed E-state index contributed by atoms with van der Waals surface area (Å²) in [6.07, 6.45) is 0.0370. The molecule has 0 bridgehead atoms. The number of carbonyl (C=O) groups is 2. The van der Waals surface area contributed by atoms with E-state index in [-0.39, 0.29) is 18.2 Å². The van der Waals surface area contributed by atoms with Crippen LogP contribution < -0.4 is 4.90 Å². The van der Waals surface area contributed by atoms with Crippen molar-refractivity contribution in [3.05, 3.63) is 58.6 Å². The summed E-state index contributed by atoms with van der Waals surface area (Å²) in [5.41, 5.74) is 1.12. The Labute approximate surface area is 168 Å². The number of amides is 2. The molecule has 1 unspecified atom stereocenters. The van der Waals surface area contributed by atoms with Gasteiger partial charge < -0.3 is 0 Å². The van der Waals surface area contributed by atoms with Gasteiger partial charge in [0.15, 0.2) is 0 Å². The molecule has 1 atom stereocenters. The van der Waals surface area contributed by atoms with Gasteiger partial charge in [0, 0.05) is 16.5 Å². The summed E-state index contributed by atoms with van der Waals surface area (Å²) in [7, 11) is 0. The van der Waals surface area contributed by atoms with Crippen LogP contribution in [0.3, 0.4) is 0 Å². The number of aromatic nitrogens is 4. The molecule has 2 amide bonds. The lowest BCUT2D eigenvalue weighted by molar-refractivity contribution is -0.121. The summed E-state index contributed by atoms with van der Waals surface area (Å²) in [6.45, 7) is 0. The molecule has 2 aromatic carbocycles. The molecule has 4 rings (SSSR count). The molecule has 0 N–H and O–H groups in total. The first-order chi connectivity index (χ1) is 13.0. The Balaban J connectivity index is 1.60. The fourth-order valence-corrected chi connectivity index (χ4v) is 4.27. The Morgan fingerprint density at radius 2 is 1.70 bits per heavy atom. The van der Waals surface area contributed by atoms with Crippen LogP contribution in [-0.4, -0.2) is 37.3 Å². The molecule has 2 heterocycles. The predicted molar refractivity (Wildman–Crippen MR) is 102 cm³/mol. The number of nitrogens with zero attached hydrogens (tertiary/aromatic N) is 5. The van der Waals surface area contributed by atoms with E-state index in [2.05, 4.69) is 15.5 Å². The smallest absolute Gasteiger partial charge is 0.247 e. The van der Waals surface area contributed by atoms with Crippen LogP contribution in [0, 0.1) is 0 Å². The highest BCUT2D eigenvalue weighted by molar-refractivity contribution is 8.00. The molecule has 1 aliphatic heterocycles. The van der Waals surface area contributed by atoms with Crippen LogP contribution in [0.15, 0.2) is 53.7 Å². The average molecular weight is 420 g/mol. The normalized spacial score (nSPS) is 17.0. The molecule has 3 aromatic rings. The van der Waals surface area contributed by atoms with Gasteiger partial charge in [-0.05, 0) is 40.8 Å². The van der Waals surface area contributed by atoms with Crippen molar-refractivity contribution in [3.8, 4) is 5.69 Å². The summed E-state index contributed by atoms with van der Waals surface area (Å²) < 4.78 is 1.53. The molecule has 1 aliphatic rings. The van der Waals surface area contributed by atoms with Crippen molar-refractivity contribution in [2.45, 2.75) is 16.8 Å². The van der Waals surface area contributed by atoms with Gasteiger partial charge in [-0.15, -0.1) is 5.10 Å². The largest absolute Gasteiger partial charge is 0.274 e. The molecule has 1 aromatic heterocycles. The molecule has 1 fully saturated rings. The van der Waals surface area contributed by atoms with Crippen molar-refractivity contribution in [2.24, 2.45) is 0 Å². The predicted octanol–water partition coefficient (Wildman–Crippen LogP) is 3.39. The Morgan fingerprint density at radius 3 is 2.41 bits per heavy atom. The van der Waals surface area contributed by atoms with Crippen LogP contribution in [0.1, 0.15) is 6.42 Å². The maximum Gasteiger partial charge on any atom is 0.247 e. The zero-order chi connectivity index (χ0) is 19.0. The highest BCUT2D eigenvalue weighted by atomic mass is 35.5. The standard InChI is InChI=1S/C17H11Cl2N5O2S/c18-10-6-11(19)8-13(7-10)23-15(25)9-14(16(23)26)27-17-20-21-22-24(17)12-4-2-1-3-5-12/h1-8,14H,9H2. The SMILES string of the molecule is O=C1CC(Sc2nnnn2-c2ccccc2)C(=O)N1c1cc(Cl)cc(Cl)c1. The number of imide groups is 1. The van der Waals surface area contributed by atoms with Crippen LogP contribution in [0.25, 0.3) is 5.69 Å². The van der Waals surface area contributed by atoms with Gasteiger partial charge in [0.25, 0.3) is 0 Å². The van der Waals surface area contributed by atoms with Crippen LogP contribution >= 0.6 is 35.0 Å². The van der Waals surface area contributed by atoms with E-state index in [9.17, 15) is 9.59 Å². The number of halogens is 2. The van der Waals surface area contributed by atoms with Crippen molar-refractivity contribution in [3.63, 3.8) is 0 Å². The van der Waals surface area contributed by atoms with Gasteiger partial charge in [-0.3, -0.25) is 9.59 Å². The van der Waals surface area contributed by atoms with Crippen LogP contribution in [0.4, 0.5) is 5.69 Å². The van der Waals surface area contributed by atoms with Gasteiger partial charge in [-0.25, -0.2) is 4.90 Å². The molecule has 0 saturated carbocycles. The molecule has 10 heteroatoms. The van der Waals surface area contributed by atoms with E-state index in [0.717, 1.165) is 22.3 Å². The minimum Gasteiger partial charge on any atom is -0.274 e. The van der Waals surface area contributed by atoms with E-state index >= 15 is 0 Å². The molecule has 7 nitrogen and oxygen atoms in total.